The van der Waals surface area contributed by atoms with E-state index in [4.69, 9.17) is 4.74 Å². The summed E-state index contributed by atoms with van der Waals surface area (Å²) in [6.07, 6.45) is 5.33. The zero-order chi connectivity index (χ0) is 19.3. The highest BCUT2D eigenvalue weighted by atomic mass is 127. The number of halogens is 2. The summed E-state index contributed by atoms with van der Waals surface area (Å²) in [5, 5.41) is 8.07. The zero-order valence-electron chi connectivity index (χ0n) is 16.7. The fourth-order valence-electron chi connectivity index (χ4n) is 5.03. The van der Waals surface area contributed by atoms with Gasteiger partial charge in [0, 0.05) is 50.3 Å². The minimum atomic E-state index is -0.243. The Hall–Kier alpha value is -1.68. The van der Waals surface area contributed by atoms with Crippen molar-refractivity contribution in [2.75, 3.05) is 20.1 Å². The van der Waals surface area contributed by atoms with Crippen LogP contribution in [0.25, 0.3) is 5.69 Å². The Morgan fingerprint density at radius 3 is 2.48 bits per heavy atom. The molecule has 2 bridgehead atoms. The Labute approximate surface area is 187 Å². The van der Waals surface area contributed by atoms with E-state index in [0.29, 0.717) is 30.6 Å². The molecule has 4 atom stereocenters. The van der Waals surface area contributed by atoms with Gasteiger partial charge in [-0.2, -0.15) is 5.10 Å². The summed E-state index contributed by atoms with van der Waals surface area (Å²) in [5.41, 5.74) is 2.91. The van der Waals surface area contributed by atoms with E-state index in [1.807, 2.05) is 20.2 Å². The second-order valence-electron chi connectivity index (χ2n) is 8.08. The second-order valence-corrected chi connectivity index (χ2v) is 8.08. The van der Waals surface area contributed by atoms with E-state index < -0.39 is 0 Å². The Balaban J connectivity index is 0.00000205. The lowest BCUT2D eigenvalue weighted by Crippen LogP contribution is -2.41. The molecule has 4 heterocycles. The van der Waals surface area contributed by atoms with Crippen molar-refractivity contribution in [1.82, 2.24) is 20.0 Å². The van der Waals surface area contributed by atoms with Gasteiger partial charge < -0.3 is 15.0 Å². The van der Waals surface area contributed by atoms with Crippen LogP contribution < -0.4 is 5.32 Å². The van der Waals surface area contributed by atoms with Gasteiger partial charge in [0.05, 0.1) is 23.6 Å². The standard InChI is InChI=1S/C21H26FN5O.HI/c1-13-14(10-27(25-13)16-5-3-15(22)4-6-16)9-24-21(23-2)26-11-17-18(12-26)20-8-7-19(17)28-20;/h3-6,10,17-20H,7-9,11-12H2,1-2H3,(H,23,24);1H. The quantitative estimate of drug-likeness (QED) is 0.391. The molecule has 1 N–H and O–H groups in total. The van der Waals surface area contributed by atoms with Gasteiger partial charge in [-0.1, -0.05) is 0 Å². The number of guanidine groups is 1. The largest absolute Gasteiger partial charge is 0.374 e. The molecular formula is C21H27FIN5O. The number of aliphatic imine (C=N–C) groups is 1. The van der Waals surface area contributed by atoms with Gasteiger partial charge in [-0.15, -0.1) is 24.0 Å². The summed E-state index contributed by atoms with van der Waals surface area (Å²) in [7, 11) is 1.84. The molecule has 3 fully saturated rings. The molecule has 0 spiro atoms. The first-order valence-corrected chi connectivity index (χ1v) is 10.0. The topological polar surface area (TPSA) is 54.7 Å². The van der Waals surface area contributed by atoms with Gasteiger partial charge >= 0.3 is 0 Å². The first-order chi connectivity index (χ1) is 13.6. The molecular weight excluding hydrogens is 484 g/mol. The van der Waals surface area contributed by atoms with Crippen molar-refractivity contribution in [3.8, 4) is 5.69 Å². The van der Waals surface area contributed by atoms with Crippen LogP contribution in [-0.4, -0.2) is 53.0 Å². The third-order valence-corrected chi connectivity index (χ3v) is 6.49. The van der Waals surface area contributed by atoms with Crippen LogP contribution >= 0.6 is 24.0 Å². The number of nitrogens with one attached hydrogen (secondary N) is 1. The number of aryl methyl sites for hydroxylation is 1. The van der Waals surface area contributed by atoms with Crippen LogP contribution in [0.5, 0.6) is 0 Å². The number of likely N-dealkylation sites (tertiary alicyclic amines) is 1. The van der Waals surface area contributed by atoms with Crippen LogP contribution in [0, 0.1) is 24.6 Å². The number of fused-ring (bicyclic) bond motifs is 5. The average Bonchev–Trinajstić information content (AvgIpc) is 3.45. The van der Waals surface area contributed by atoms with E-state index in [1.165, 1.54) is 25.0 Å². The molecule has 3 aliphatic heterocycles. The minimum Gasteiger partial charge on any atom is -0.374 e. The monoisotopic (exact) mass is 511 g/mol. The Bertz CT molecular complexity index is 881. The van der Waals surface area contributed by atoms with E-state index in [9.17, 15) is 4.39 Å². The van der Waals surface area contributed by atoms with Crippen LogP contribution in [0.2, 0.25) is 0 Å². The molecule has 1 aromatic carbocycles. The third kappa shape index (κ3) is 3.76. The van der Waals surface area contributed by atoms with E-state index in [-0.39, 0.29) is 29.8 Å². The number of hydrogen-bond donors (Lipinski definition) is 1. The molecule has 2 aromatic rings. The van der Waals surface area contributed by atoms with Crippen LogP contribution in [0.4, 0.5) is 4.39 Å². The van der Waals surface area contributed by atoms with Gasteiger partial charge in [0.1, 0.15) is 5.82 Å². The first-order valence-electron chi connectivity index (χ1n) is 10.0. The van der Waals surface area contributed by atoms with E-state index in [0.717, 1.165) is 36.0 Å². The second kappa shape index (κ2) is 8.22. The number of benzene rings is 1. The summed E-state index contributed by atoms with van der Waals surface area (Å²) in [6, 6.07) is 6.37. The van der Waals surface area contributed by atoms with Crippen molar-refractivity contribution in [2.45, 2.75) is 38.5 Å². The van der Waals surface area contributed by atoms with E-state index >= 15 is 0 Å². The molecule has 29 heavy (non-hydrogen) atoms. The lowest BCUT2D eigenvalue weighted by atomic mass is 9.82. The fraction of sp³-hybridized carbons (Fsp3) is 0.524. The fourth-order valence-corrected chi connectivity index (χ4v) is 5.03. The van der Waals surface area contributed by atoms with Crippen LogP contribution in [-0.2, 0) is 11.3 Å². The third-order valence-electron chi connectivity index (χ3n) is 6.49. The van der Waals surface area contributed by atoms with Crippen molar-refractivity contribution in [2.24, 2.45) is 16.8 Å². The number of rotatable bonds is 3. The van der Waals surface area contributed by atoms with Gasteiger partial charge in [-0.05, 0) is 44.0 Å². The molecule has 6 nitrogen and oxygen atoms in total. The molecule has 3 aliphatic rings. The van der Waals surface area contributed by atoms with Crippen LogP contribution in [0.15, 0.2) is 35.5 Å². The van der Waals surface area contributed by atoms with Crippen molar-refractivity contribution in [1.29, 1.82) is 0 Å². The molecule has 0 radical (unpaired) electrons. The van der Waals surface area contributed by atoms with Gasteiger partial charge in [0.2, 0.25) is 0 Å². The van der Waals surface area contributed by atoms with Crippen molar-refractivity contribution in [3.63, 3.8) is 0 Å². The minimum absolute atomic E-state index is 0. The highest BCUT2D eigenvalue weighted by Gasteiger charge is 2.53. The molecule has 4 unspecified atom stereocenters. The zero-order valence-corrected chi connectivity index (χ0v) is 19.0. The maximum absolute atomic E-state index is 13.2. The summed E-state index contributed by atoms with van der Waals surface area (Å²) >= 11 is 0. The maximum Gasteiger partial charge on any atom is 0.193 e. The molecule has 8 heteroatoms. The summed E-state index contributed by atoms with van der Waals surface area (Å²) < 4.78 is 21.0. The molecule has 0 saturated carbocycles. The predicted octanol–water partition coefficient (Wildman–Crippen LogP) is 3.12. The number of nitrogens with zero attached hydrogens (tertiary/aromatic N) is 4. The van der Waals surface area contributed by atoms with Crippen molar-refractivity contribution >= 4 is 29.9 Å². The number of aromatic nitrogens is 2. The molecule has 156 valence electrons. The Morgan fingerprint density at radius 1 is 1.21 bits per heavy atom. The maximum atomic E-state index is 13.2. The van der Waals surface area contributed by atoms with E-state index in [1.54, 1.807) is 16.8 Å². The Kier molecular flexibility index (Phi) is 5.83. The highest BCUT2D eigenvalue weighted by molar-refractivity contribution is 14.0. The lowest BCUT2D eigenvalue weighted by Gasteiger charge is -2.23. The SMILES string of the molecule is CN=C(NCc1cn(-c2ccc(F)cc2)nc1C)N1CC2C3CCC(O3)C2C1.I. The van der Waals surface area contributed by atoms with E-state index in [2.05, 4.69) is 20.3 Å². The smallest absolute Gasteiger partial charge is 0.193 e. The van der Waals surface area contributed by atoms with Crippen LogP contribution in [0.3, 0.4) is 0 Å². The van der Waals surface area contributed by atoms with Crippen LogP contribution in [0.1, 0.15) is 24.1 Å². The highest BCUT2D eigenvalue weighted by Crippen LogP contribution is 2.47. The lowest BCUT2D eigenvalue weighted by molar-refractivity contribution is 0.0767. The van der Waals surface area contributed by atoms with Gasteiger partial charge in [-0.25, -0.2) is 9.07 Å². The molecule has 0 aliphatic carbocycles. The molecule has 3 saturated heterocycles. The molecule has 0 amide bonds. The van der Waals surface area contributed by atoms with Crippen molar-refractivity contribution < 1.29 is 9.13 Å². The number of hydrogen-bond acceptors (Lipinski definition) is 3. The van der Waals surface area contributed by atoms with Gasteiger partial charge in [0.15, 0.2) is 5.96 Å². The summed E-state index contributed by atoms with van der Waals surface area (Å²) in [5.74, 6) is 2.01. The summed E-state index contributed by atoms with van der Waals surface area (Å²) in [4.78, 5) is 6.89. The molecule has 5 rings (SSSR count). The van der Waals surface area contributed by atoms with Gasteiger partial charge in [0.25, 0.3) is 0 Å². The molecule has 1 aromatic heterocycles. The number of ether oxygens (including phenoxy) is 1. The summed E-state index contributed by atoms with van der Waals surface area (Å²) in [6.45, 7) is 4.71. The van der Waals surface area contributed by atoms with Crippen molar-refractivity contribution in [3.05, 3.63) is 47.5 Å². The Morgan fingerprint density at radius 2 is 1.86 bits per heavy atom. The predicted molar refractivity (Wildman–Crippen MR) is 120 cm³/mol. The normalized spacial score (nSPS) is 27.8. The average molecular weight is 511 g/mol. The van der Waals surface area contributed by atoms with Gasteiger partial charge in [-0.3, -0.25) is 4.99 Å². The first kappa shape index (κ1) is 20.6.